The Bertz CT molecular complexity index is 746. The molecular weight excluding hydrogens is 327 g/mol. The zero-order chi connectivity index (χ0) is 17.7. The van der Waals surface area contributed by atoms with Gasteiger partial charge in [-0.25, -0.2) is 9.38 Å². The van der Waals surface area contributed by atoms with Crippen molar-refractivity contribution in [2.75, 3.05) is 13.6 Å². The highest BCUT2D eigenvalue weighted by Gasteiger charge is 2.08. The Labute approximate surface area is 147 Å². The van der Waals surface area contributed by atoms with Crippen molar-refractivity contribution in [2.45, 2.75) is 27.2 Å². The predicted molar refractivity (Wildman–Crippen MR) is 98.5 cm³/mol. The zero-order valence-electron chi connectivity index (χ0n) is 14.4. The fourth-order valence-electron chi connectivity index (χ4n) is 2.26. The summed E-state index contributed by atoms with van der Waals surface area (Å²) in [6.07, 6.45) is 2.92. The molecule has 3 nitrogen and oxygen atoms in total. The van der Waals surface area contributed by atoms with Crippen LogP contribution in [0.15, 0.2) is 35.3 Å². The van der Waals surface area contributed by atoms with Crippen LogP contribution in [0.2, 0.25) is 5.02 Å². The molecule has 2 rings (SSSR count). The number of aliphatic imine (C=N–C) groups is 1. The smallest absolute Gasteiger partial charge is 0.142 e. The number of ether oxygens (including phenoxy) is 1. The molecule has 0 saturated carbocycles. The van der Waals surface area contributed by atoms with Crippen molar-refractivity contribution in [3.05, 3.63) is 52.3 Å². The molecule has 0 unspecified atom stereocenters. The molecule has 0 aliphatic carbocycles. The third-order valence-corrected chi connectivity index (χ3v) is 3.87. The van der Waals surface area contributed by atoms with E-state index in [0.29, 0.717) is 11.5 Å². The Hall–Kier alpha value is -2.07. The summed E-state index contributed by atoms with van der Waals surface area (Å²) in [5.74, 6) is 0.747. The fourth-order valence-corrected chi connectivity index (χ4v) is 2.43. The van der Waals surface area contributed by atoms with E-state index < -0.39 is 5.82 Å². The summed E-state index contributed by atoms with van der Waals surface area (Å²) in [5.41, 5.74) is 2.86. The van der Waals surface area contributed by atoms with E-state index in [4.69, 9.17) is 16.3 Å². The summed E-state index contributed by atoms with van der Waals surface area (Å²) in [5, 5.41) is 0.0436. The molecule has 0 fully saturated rings. The molecule has 0 atom stereocenters. The van der Waals surface area contributed by atoms with Crippen molar-refractivity contribution in [1.82, 2.24) is 4.90 Å². The predicted octanol–water partition coefficient (Wildman–Crippen LogP) is 5.89. The highest BCUT2D eigenvalue weighted by atomic mass is 35.5. The van der Waals surface area contributed by atoms with E-state index in [0.717, 1.165) is 29.8 Å². The molecular formula is C19H22ClFN2O. The number of hydrogen-bond acceptors (Lipinski definition) is 2. The van der Waals surface area contributed by atoms with Gasteiger partial charge in [-0.05, 0) is 55.7 Å². The van der Waals surface area contributed by atoms with E-state index in [1.807, 2.05) is 39.4 Å². The average Bonchev–Trinajstić information content (AvgIpc) is 2.53. The summed E-state index contributed by atoms with van der Waals surface area (Å²) in [7, 11) is 2.00. The van der Waals surface area contributed by atoms with Gasteiger partial charge in [-0.2, -0.15) is 0 Å². The van der Waals surface area contributed by atoms with Crippen LogP contribution in [0.25, 0.3) is 0 Å². The van der Waals surface area contributed by atoms with Crippen molar-refractivity contribution in [3.63, 3.8) is 0 Å². The van der Waals surface area contributed by atoms with Gasteiger partial charge in [-0.1, -0.05) is 18.5 Å². The van der Waals surface area contributed by atoms with Crippen LogP contribution in [-0.4, -0.2) is 24.8 Å². The molecule has 0 aliphatic rings. The second kappa shape index (κ2) is 8.15. The van der Waals surface area contributed by atoms with E-state index >= 15 is 0 Å². The van der Waals surface area contributed by atoms with Crippen LogP contribution in [0.3, 0.4) is 0 Å². The molecule has 24 heavy (non-hydrogen) atoms. The molecule has 128 valence electrons. The van der Waals surface area contributed by atoms with E-state index in [9.17, 15) is 4.39 Å². The minimum atomic E-state index is -0.460. The first-order valence-corrected chi connectivity index (χ1v) is 8.27. The lowest BCUT2D eigenvalue weighted by Gasteiger charge is -2.13. The lowest BCUT2D eigenvalue weighted by molar-refractivity contribution is 0.476. The molecule has 0 saturated heterocycles. The summed E-state index contributed by atoms with van der Waals surface area (Å²) in [6.45, 7) is 7.03. The van der Waals surface area contributed by atoms with Crippen molar-refractivity contribution >= 4 is 23.6 Å². The molecule has 0 radical (unpaired) electrons. The third kappa shape index (κ3) is 4.71. The van der Waals surface area contributed by atoms with Gasteiger partial charge in [0, 0.05) is 19.7 Å². The second-order valence-corrected chi connectivity index (χ2v) is 6.21. The molecule has 0 N–H and O–H groups in total. The Morgan fingerprint density at radius 3 is 2.62 bits per heavy atom. The van der Waals surface area contributed by atoms with Crippen LogP contribution >= 0.6 is 11.6 Å². The van der Waals surface area contributed by atoms with Crippen molar-refractivity contribution < 1.29 is 9.13 Å². The van der Waals surface area contributed by atoms with Crippen LogP contribution < -0.4 is 4.74 Å². The normalized spacial score (nSPS) is 11.1. The molecule has 2 aromatic rings. The van der Waals surface area contributed by atoms with E-state index in [-0.39, 0.29) is 5.02 Å². The standard InChI is InChI=1S/C19H22ClFN2O/c1-5-8-23(4)12-22-18-9-14(3)19(10-13(18)2)24-15-6-7-17(21)16(20)11-15/h6-7,9-12H,5,8H2,1-4H3/b22-12+. The van der Waals surface area contributed by atoms with Crippen LogP contribution in [-0.2, 0) is 0 Å². The third-order valence-electron chi connectivity index (χ3n) is 3.58. The Morgan fingerprint density at radius 1 is 1.21 bits per heavy atom. The molecule has 0 amide bonds. The first-order valence-electron chi connectivity index (χ1n) is 7.89. The van der Waals surface area contributed by atoms with Crippen LogP contribution in [0.4, 0.5) is 10.1 Å². The van der Waals surface area contributed by atoms with Gasteiger partial charge in [-0.3, -0.25) is 0 Å². The first kappa shape index (κ1) is 18.3. The minimum Gasteiger partial charge on any atom is -0.457 e. The SMILES string of the molecule is CCCN(C)/C=N/c1cc(C)c(Oc2ccc(F)c(Cl)c2)cc1C. The van der Waals surface area contributed by atoms with Gasteiger partial charge in [-0.15, -0.1) is 0 Å². The maximum absolute atomic E-state index is 13.2. The van der Waals surface area contributed by atoms with E-state index in [2.05, 4.69) is 16.8 Å². The summed E-state index contributed by atoms with van der Waals surface area (Å²) < 4.78 is 19.1. The molecule has 0 bridgehead atoms. The van der Waals surface area contributed by atoms with Crippen molar-refractivity contribution in [1.29, 1.82) is 0 Å². The molecule has 5 heteroatoms. The van der Waals surface area contributed by atoms with E-state index in [1.165, 1.54) is 12.1 Å². The zero-order valence-corrected chi connectivity index (χ0v) is 15.2. The van der Waals surface area contributed by atoms with Gasteiger partial charge in [0.2, 0.25) is 0 Å². The Kier molecular flexibility index (Phi) is 6.21. The van der Waals surface area contributed by atoms with Gasteiger partial charge in [0.25, 0.3) is 0 Å². The number of benzene rings is 2. The molecule has 0 heterocycles. The van der Waals surface area contributed by atoms with Crippen LogP contribution in [0.1, 0.15) is 24.5 Å². The Morgan fingerprint density at radius 2 is 1.96 bits per heavy atom. The summed E-state index contributed by atoms with van der Waals surface area (Å²) in [4.78, 5) is 6.59. The Balaban J connectivity index is 2.21. The lowest BCUT2D eigenvalue weighted by atomic mass is 10.1. The van der Waals surface area contributed by atoms with Gasteiger partial charge < -0.3 is 9.64 Å². The maximum atomic E-state index is 13.2. The first-order chi connectivity index (χ1) is 11.4. The van der Waals surface area contributed by atoms with Gasteiger partial charge in [0.1, 0.15) is 17.3 Å². The maximum Gasteiger partial charge on any atom is 0.142 e. The number of aryl methyl sites for hydroxylation is 2. The lowest BCUT2D eigenvalue weighted by Crippen LogP contribution is -2.16. The average molecular weight is 349 g/mol. The van der Waals surface area contributed by atoms with Gasteiger partial charge >= 0.3 is 0 Å². The van der Waals surface area contributed by atoms with Crippen molar-refractivity contribution in [2.24, 2.45) is 4.99 Å². The summed E-state index contributed by atoms with van der Waals surface area (Å²) >= 11 is 5.79. The van der Waals surface area contributed by atoms with Crippen LogP contribution in [0.5, 0.6) is 11.5 Å². The van der Waals surface area contributed by atoms with Gasteiger partial charge in [0.05, 0.1) is 17.0 Å². The quantitative estimate of drug-likeness (QED) is 0.480. The van der Waals surface area contributed by atoms with E-state index in [1.54, 1.807) is 6.07 Å². The second-order valence-electron chi connectivity index (χ2n) is 5.81. The monoisotopic (exact) mass is 348 g/mol. The highest BCUT2D eigenvalue weighted by Crippen LogP contribution is 2.32. The topological polar surface area (TPSA) is 24.8 Å². The molecule has 0 spiro atoms. The van der Waals surface area contributed by atoms with Crippen LogP contribution in [0, 0.1) is 19.7 Å². The molecule has 2 aromatic carbocycles. The largest absolute Gasteiger partial charge is 0.457 e. The summed E-state index contributed by atoms with van der Waals surface area (Å²) in [6, 6.07) is 8.23. The highest BCUT2D eigenvalue weighted by molar-refractivity contribution is 6.30. The number of rotatable bonds is 6. The molecule has 0 aromatic heterocycles. The fraction of sp³-hybridized carbons (Fsp3) is 0.316. The van der Waals surface area contributed by atoms with Gasteiger partial charge in [0.15, 0.2) is 0 Å². The number of halogens is 2. The number of nitrogens with zero attached hydrogens (tertiary/aromatic N) is 2. The molecule has 0 aliphatic heterocycles. The number of hydrogen-bond donors (Lipinski definition) is 0. The van der Waals surface area contributed by atoms with Crippen molar-refractivity contribution in [3.8, 4) is 11.5 Å². The minimum absolute atomic E-state index is 0.0436.